The van der Waals surface area contributed by atoms with Gasteiger partial charge in [-0.2, -0.15) is 5.10 Å². The molecule has 9 nitrogen and oxygen atoms in total. The highest BCUT2D eigenvalue weighted by Gasteiger charge is 2.28. The quantitative estimate of drug-likeness (QED) is 0.491. The minimum atomic E-state index is -0.573. The SMILES string of the molecule is CCc1[nH]nc(C(=O)NCc2ccccc2CN2CCC(O)CC2)c1[N+](=O)[O-]. The molecule has 1 fully saturated rings. The van der Waals surface area contributed by atoms with Gasteiger partial charge >= 0.3 is 5.69 Å². The van der Waals surface area contributed by atoms with Crippen LogP contribution in [0.4, 0.5) is 5.69 Å². The van der Waals surface area contributed by atoms with Gasteiger partial charge in [-0.15, -0.1) is 0 Å². The second-order valence-electron chi connectivity index (χ2n) is 6.97. The Kier molecular flexibility index (Phi) is 6.37. The fourth-order valence-electron chi connectivity index (χ4n) is 3.44. The number of nitro groups is 1. The van der Waals surface area contributed by atoms with E-state index in [1.54, 1.807) is 6.92 Å². The number of rotatable bonds is 7. The number of carbonyl (C=O) groups excluding carboxylic acids is 1. The summed E-state index contributed by atoms with van der Waals surface area (Å²) in [5.41, 5.74) is 1.92. The van der Waals surface area contributed by atoms with E-state index >= 15 is 0 Å². The third kappa shape index (κ3) is 4.55. The molecule has 0 unspecified atom stereocenters. The molecule has 1 amide bonds. The van der Waals surface area contributed by atoms with Crippen LogP contribution in [0.2, 0.25) is 0 Å². The Morgan fingerprint density at radius 2 is 2.04 bits per heavy atom. The summed E-state index contributed by atoms with van der Waals surface area (Å²) in [6.07, 6.45) is 1.70. The van der Waals surface area contributed by atoms with E-state index in [0.29, 0.717) is 12.1 Å². The smallest absolute Gasteiger partial charge is 0.322 e. The van der Waals surface area contributed by atoms with Crippen molar-refractivity contribution in [2.45, 2.75) is 45.4 Å². The van der Waals surface area contributed by atoms with Gasteiger partial charge in [0.1, 0.15) is 5.69 Å². The van der Waals surface area contributed by atoms with Crippen molar-refractivity contribution in [1.29, 1.82) is 0 Å². The van der Waals surface area contributed by atoms with Crippen molar-refractivity contribution in [3.8, 4) is 0 Å². The average molecular weight is 387 g/mol. The van der Waals surface area contributed by atoms with Gasteiger partial charge in [-0.1, -0.05) is 31.2 Å². The number of aryl methyl sites for hydroxylation is 1. The van der Waals surface area contributed by atoms with Crippen molar-refractivity contribution in [3.05, 3.63) is 56.9 Å². The zero-order valence-electron chi connectivity index (χ0n) is 15.9. The van der Waals surface area contributed by atoms with E-state index < -0.39 is 10.8 Å². The fourth-order valence-corrected chi connectivity index (χ4v) is 3.44. The number of benzene rings is 1. The zero-order chi connectivity index (χ0) is 20.1. The van der Waals surface area contributed by atoms with Gasteiger partial charge in [-0.3, -0.25) is 24.9 Å². The molecule has 0 radical (unpaired) electrons. The molecule has 0 bridgehead atoms. The van der Waals surface area contributed by atoms with Gasteiger partial charge in [-0.25, -0.2) is 0 Å². The Bertz CT molecular complexity index is 843. The standard InChI is InChI=1S/C19H25N5O4/c1-2-16-18(24(27)28)17(22-21-16)19(26)20-11-13-5-3-4-6-14(13)12-23-9-7-15(25)8-10-23/h3-6,15,25H,2,7-12H2,1H3,(H,20,26)(H,21,22). The highest BCUT2D eigenvalue weighted by atomic mass is 16.6. The Morgan fingerprint density at radius 1 is 1.36 bits per heavy atom. The molecule has 1 saturated heterocycles. The third-order valence-electron chi connectivity index (χ3n) is 5.07. The lowest BCUT2D eigenvalue weighted by Gasteiger charge is -2.30. The number of nitrogens with one attached hydrogen (secondary N) is 2. The van der Waals surface area contributed by atoms with Gasteiger partial charge < -0.3 is 10.4 Å². The van der Waals surface area contributed by atoms with E-state index in [-0.39, 0.29) is 24.0 Å². The maximum absolute atomic E-state index is 12.5. The molecule has 150 valence electrons. The number of aromatic amines is 1. The van der Waals surface area contributed by atoms with Crippen LogP contribution in [0, 0.1) is 10.1 Å². The van der Waals surface area contributed by atoms with Crippen molar-refractivity contribution in [2.75, 3.05) is 13.1 Å². The van der Waals surface area contributed by atoms with E-state index in [0.717, 1.165) is 43.6 Å². The molecular weight excluding hydrogens is 362 g/mol. The molecule has 1 aromatic carbocycles. The maximum atomic E-state index is 12.5. The van der Waals surface area contributed by atoms with Gasteiger partial charge in [0, 0.05) is 26.2 Å². The Morgan fingerprint density at radius 3 is 2.68 bits per heavy atom. The third-order valence-corrected chi connectivity index (χ3v) is 5.07. The summed E-state index contributed by atoms with van der Waals surface area (Å²) < 4.78 is 0. The summed E-state index contributed by atoms with van der Waals surface area (Å²) in [5.74, 6) is -0.571. The number of amides is 1. The molecule has 2 heterocycles. The number of aliphatic hydroxyl groups is 1. The predicted molar refractivity (Wildman–Crippen MR) is 103 cm³/mol. The van der Waals surface area contributed by atoms with Crippen LogP contribution in [0.1, 0.15) is 47.1 Å². The maximum Gasteiger partial charge on any atom is 0.322 e. The number of aromatic nitrogens is 2. The fraction of sp³-hybridized carbons (Fsp3) is 0.474. The second kappa shape index (κ2) is 8.94. The summed E-state index contributed by atoms with van der Waals surface area (Å²) in [6, 6.07) is 7.80. The monoisotopic (exact) mass is 387 g/mol. The molecule has 0 atom stereocenters. The molecule has 0 aliphatic carbocycles. The number of aliphatic hydroxyl groups excluding tert-OH is 1. The summed E-state index contributed by atoms with van der Waals surface area (Å²) in [7, 11) is 0. The molecule has 1 aliphatic heterocycles. The number of H-pyrrole nitrogens is 1. The molecule has 1 aliphatic rings. The van der Waals surface area contributed by atoms with E-state index in [9.17, 15) is 20.0 Å². The van der Waals surface area contributed by atoms with Crippen molar-refractivity contribution in [2.24, 2.45) is 0 Å². The first-order valence-electron chi connectivity index (χ1n) is 9.46. The first-order valence-corrected chi connectivity index (χ1v) is 9.46. The van der Waals surface area contributed by atoms with Gasteiger partial charge in [0.05, 0.1) is 11.0 Å². The molecule has 3 N–H and O–H groups in total. The molecular formula is C19H25N5O4. The van der Waals surface area contributed by atoms with E-state index in [1.807, 2.05) is 24.3 Å². The molecule has 3 rings (SSSR count). The topological polar surface area (TPSA) is 124 Å². The van der Waals surface area contributed by atoms with Crippen molar-refractivity contribution in [3.63, 3.8) is 0 Å². The van der Waals surface area contributed by atoms with Crippen LogP contribution >= 0.6 is 0 Å². The number of likely N-dealkylation sites (tertiary alicyclic amines) is 1. The van der Waals surface area contributed by atoms with E-state index in [1.165, 1.54) is 0 Å². The minimum Gasteiger partial charge on any atom is -0.393 e. The van der Waals surface area contributed by atoms with Crippen molar-refractivity contribution < 1.29 is 14.8 Å². The molecule has 0 saturated carbocycles. The normalized spacial score (nSPS) is 15.5. The molecule has 0 spiro atoms. The number of hydrogen-bond donors (Lipinski definition) is 3. The predicted octanol–water partition coefficient (Wildman–Crippen LogP) is 1.77. The van der Waals surface area contributed by atoms with Crippen LogP contribution < -0.4 is 5.32 Å². The van der Waals surface area contributed by atoms with Crippen LogP contribution in [-0.4, -0.2) is 50.2 Å². The van der Waals surface area contributed by atoms with Crippen molar-refractivity contribution in [1.82, 2.24) is 20.4 Å². The molecule has 1 aromatic heterocycles. The van der Waals surface area contributed by atoms with Crippen LogP contribution in [-0.2, 0) is 19.5 Å². The van der Waals surface area contributed by atoms with Crippen LogP contribution in [0.15, 0.2) is 24.3 Å². The molecule has 9 heteroatoms. The molecule has 2 aromatic rings. The lowest BCUT2D eigenvalue weighted by Crippen LogP contribution is -2.35. The highest BCUT2D eigenvalue weighted by Crippen LogP contribution is 2.22. The van der Waals surface area contributed by atoms with Gasteiger partial charge in [0.15, 0.2) is 0 Å². The number of nitrogens with zero attached hydrogens (tertiary/aromatic N) is 3. The summed E-state index contributed by atoms with van der Waals surface area (Å²) >= 11 is 0. The highest BCUT2D eigenvalue weighted by molar-refractivity contribution is 5.96. The summed E-state index contributed by atoms with van der Waals surface area (Å²) in [6.45, 7) is 4.43. The first-order chi connectivity index (χ1) is 13.5. The number of piperidine rings is 1. The van der Waals surface area contributed by atoms with E-state index in [4.69, 9.17) is 0 Å². The number of carbonyl (C=O) groups is 1. The largest absolute Gasteiger partial charge is 0.393 e. The number of hydrogen-bond acceptors (Lipinski definition) is 6. The van der Waals surface area contributed by atoms with Gasteiger partial charge in [0.25, 0.3) is 5.91 Å². The van der Waals surface area contributed by atoms with Crippen LogP contribution in [0.5, 0.6) is 0 Å². The average Bonchev–Trinajstić information content (AvgIpc) is 3.13. The second-order valence-corrected chi connectivity index (χ2v) is 6.97. The summed E-state index contributed by atoms with van der Waals surface area (Å²) in [5, 5.41) is 30.1. The van der Waals surface area contributed by atoms with Crippen LogP contribution in [0.3, 0.4) is 0 Å². The minimum absolute atomic E-state index is 0.190. The Hall–Kier alpha value is -2.78. The van der Waals surface area contributed by atoms with Gasteiger partial charge in [0.2, 0.25) is 5.69 Å². The van der Waals surface area contributed by atoms with Gasteiger partial charge in [-0.05, 0) is 30.4 Å². The van der Waals surface area contributed by atoms with Crippen LogP contribution in [0.25, 0.3) is 0 Å². The molecule has 28 heavy (non-hydrogen) atoms. The Labute approximate surface area is 162 Å². The van der Waals surface area contributed by atoms with E-state index in [2.05, 4.69) is 20.4 Å². The Balaban J connectivity index is 1.67. The first kappa shape index (κ1) is 20.0. The summed E-state index contributed by atoms with van der Waals surface area (Å²) in [4.78, 5) is 25.5. The lowest BCUT2D eigenvalue weighted by atomic mass is 10.0. The zero-order valence-corrected chi connectivity index (χ0v) is 15.9. The lowest BCUT2D eigenvalue weighted by molar-refractivity contribution is -0.385. The van der Waals surface area contributed by atoms with Crippen molar-refractivity contribution >= 4 is 11.6 Å².